The Morgan fingerprint density at radius 2 is 1.82 bits per heavy atom. The summed E-state index contributed by atoms with van der Waals surface area (Å²) in [6.45, 7) is 8.49. The molecule has 1 saturated carbocycles. The van der Waals surface area contributed by atoms with E-state index in [1.165, 1.54) is 24.2 Å². The topological polar surface area (TPSA) is 26.3 Å². The van der Waals surface area contributed by atoms with E-state index in [1.54, 1.807) is 7.11 Å². The summed E-state index contributed by atoms with van der Waals surface area (Å²) in [6, 6.07) is 0. The van der Waals surface area contributed by atoms with Gasteiger partial charge in [-0.15, -0.1) is 0 Å². The summed E-state index contributed by atoms with van der Waals surface area (Å²) >= 11 is 0. The fourth-order valence-electron chi connectivity index (χ4n) is 2.35. The van der Waals surface area contributed by atoms with Gasteiger partial charge in [-0.2, -0.15) is 0 Å². The minimum Gasteiger partial charge on any atom is -0.501 e. The van der Waals surface area contributed by atoms with Crippen LogP contribution in [0.5, 0.6) is 0 Å². The van der Waals surface area contributed by atoms with Crippen LogP contribution in [0.3, 0.4) is 0 Å². The molecule has 0 aromatic heterocycles. The zero-order valence-electron chi connectivity index (χ0n) is 11.9. The van der Waals surface area contributed by atoms with Crippen LogP contribution in [-0.4, -0.2) is 13.4 Å². The number of hydrogen-bond acceptors (Lipinski definition) is 2. The molecule has 0 aromatic carbocycles. The van der Waals surface area contributed by atoms with Crippen LogP contribution < -0.4 is 0 Å². The standard InChI is InChI=1S/C15H26O2/c1-14(2,11-16)9-6-10-15(3,4)13(17-5)12-7-8-12/h11H,6-10H2,1-5H3. The van der Waals surface area contributed by atoms with Gasteiger partial charge in [-0.3, -0.25) is 0 Å². The lowest BCUT2D eigenvalue weighted by molar-refractivity contribution is -0.115. The molecule has 1 rings (SSSR count). The van der Waals surface area contributed by atoms with E-state index in [9.17, 15) is 4.79 Å². The number of methoxy groups -OCH3 is 1. The lowest BCUT2D eigenvalue weighted by atomic mass is 9.80. The maximum atomic E-state index is 10.9. The van der Waals surface area contributed by atoms with Gasteiger partial charge in [-0.25, -0.2) is 0 Å². The fourth-order valence-corrected chi connectivity index (χ4v) is 2.35. The molecule has 0 spiro atoms. The third-order valence-electron chi connectivity index (χ3n) is 3.58. The molecule has 0 saturated heterocycles. The molecule has 1 fully saturated rings. The van der Waals surface area contributed by atoms with E-state index >= 15 is 0 Å². The molecule has 0 radical (unpaired) electrons. The second-order valence-electron chi connectivity index (χ2n) is 6.48. The van der Waals surface area contributed by atoms with Crippen LogP contribution in [0.15, 0.2) is 11.3 Å². The lowest BCUT2D eigenvalue weighted by Gasteiger charge is -2.28. The lowest BCUT2D eigenvalue weighted by Crippen LogP contribution is -2.19. The first-order chi connectivity index (χ1) is 7.82. The van der Waals surface area contributed by atoms with Gasteiger partial charge >= 0.3 is 0 Å². The average molecular weight is 238 g/mol. The zero-order valence-corrected chi connectivity index (χ0v) is 11.9. The van der Waals surface area contributed by atoms with Gasteiger partial charge in [0.15, 0.2) is 0 Å². The summed E-state index contributed by atoms with van der Waals surface area (Å²) < 4.78 is 5.56. The van der Waals surface area contributed by atoms with Crippen molar-refractivity contribution in [2.24, 2.45) is 10.8 Å². The highest BCUT2D eigenvalue weighted by molar-refractivity contribution is 5.57. The third kappa shape index (κ3) is 4.18. The molecule has 17 heavy (non-hydrogen) atoms. The summed E-state index contributed by atoms with van der Waals surface area (Å²) in [6.07, 6.45) is 6.57. The first-order valence-corrected chi connectivity index (χ1v) is 6.55. The summed E-state index contributed by atoms with van der Waals surface area (Å²) in [7, 11) is 1.78. The molecule has 0 atom stereocenters. The van der Waals surface area contributed by atoms with Crippen molar-refractivity contribution in [1.82, 2.24) is 0 Å². The Kier molecular flexibility index (Phi) is 4.40. The van der Waals surface area contributed by atoms with Gasteiger partial charge in [0.1, 0.15) is 12.0 Å². The molecule has 0 bridgehead atoms. The summed E-state index contributed by atoms with van der Waals surface area (Å²) in [5, 5.41) is 0. The number of rotatable bonds is 7. The van der Waals surface area contributed by atoms with E-state index in [-0.39, 0.29) is 10.8 Å². The van der Waals surface area contributed by atoms with Crippen molar-refractivity contribution < 1.29 is 9.53 Å². The normalized spacial score (nSPS) is 15.7. The van der Waals surface area contributed by atoms with Crippen LogP contribution in [0.2, 0.25) is 0 Å². The van der Waals surface area contributed by atoms with Crippen LogP contribution in [0.25, 0.3) is 0 Å². The van der Waals surface area contributed by atoms with E-state index < -0.39 is 0 Å². The highest BCUT2D eigenvalue weighted by atomic mass is 16.5. The van der Waals surface area contributed by atoms with Crippen molar-refractivity contribution in [3.63, 3.8) is 0 Å². The Labute approximate surface area is 105 Å². The Morgan fingerprint density at radius 3 is 2.24 bits per heavy atom. The molecule has 0 N–H and O–H groups in total. The van der Waals surface area contributed by atoms with Gasteiger partial charge in [0.25, 0.3) is 0 Å². The molecule has 0 aromatic rings. The fraction of sp³-hybridized carbons (Fsp3) is 0.800. The van der Waals surface area contributed by atoms with Crippen molar-refractivity contribution in [2.75, 3.05) is 7.11 Å². The molecule has 2 heteroatoms. The van der Waals surface area contributed by atoms with Crippen LogP contribution in [-0.2, 0) is 9.53 Å². The Bertz CT molecular complexity index is 305. The van der Waals surface area contributed by atoms with Gasteiger partial charge in [-0.05, 0) is 31.3 Å². The third-order valence-corrected chi connectivity index (χ3v) is 3.58. The second kappa shape index (κ2) is 5.24. The molecule has 98 valence electrons. The van der Waals surface area contributed by atoms with Gasteiger partial charge in [0.2, 0.25) is 0 Å². The Morgan fingerprint density at radius 1 is 1.24 bits per heavy atom. The Hall–Kier alpha value is -0.790. The number of ether oxygens (including phenoxy) is 1. The highest BCUT2D eigenvalue weighted by Gasteiger charge is 2.31. The second-order valence-corrected chi connectivity index (χ2v) is 6.48. The van der Waals surface area contributed by atoms with Crippen molar-refractivity contribution >= 4 is 6.29 Å². The van der Waals surface area contributed by atoms with Crippen molar-refractivity contribution in [3.8, 4) is 0 Å². The molecule has 1 aliphatic rings. The molecular weight excluding hydrogens is 212 g/mol. The van der Waals surface area contributed by atoms with E-state index in [0.717, 1.165) is 25.5 Å². The van der Waals surface area contributed by atoms with Gasteiger partial charge < -0.3 is 9.53 Å². The minimum atomic E-state index is -0.184. The van der Waals surface area contributed by atoms with Crippen LogP contribution >= 0.6 is 0 Å². The molecule has 0 heterocycles. The maximum Gasteiger partial charge on any atom is 0.125 e. The minimum absolute atomic E-state index is 0.111. The monoisotopic (exact) mass is 238 g/mol. The van der Waals surface area contributed by atoms with E-state index in [4.69, 9.17) is 4.74 Å². The number of carbonyl (C=O) groups is 1. The Balaban J connectivity index is 2.50. The molecular formula is C15H26O2. The van der Waals surface area contributed by atoms with Crippen molar-refractivity contribution in [1.29, 1.82) is 0 Å². The molecule has 2 nitrogen and oxygen atoms in total. The van der Waals surface area contributed by atoms with E-state index in [2.05, 4.69) is 13.8 Å². The van der Waals surface area contributed by atoms with Crippen LogP contribution in [0, 0.1) is 10.8 Å². The SMILES string of the molecule is COC(=C1CC1)C(C)(C)CCCC(C)(C)C=O. The first kappa shape index (κ1) is 14.3. The van der Waals surface area contributed by atoms with Crippen molar-refractivity contribution in [2.45, 2.75) is 59.8 Å². The van der Waals surface area contributed by atoms with Gasteiger partial charge in [-0.1, -0.05) is 34.1 Å². The zero-order chi connectivity index (χ0) is 13.1. The van der Waals surface area contributed by atoms with E-state index in [1.807, 2.05) is 13.8 Å². The summed E-state index contributed by atoms with van der Waals surface area (Å²) in [5.74, 6) is 1.18. The molecule has 0 amide bonds. The molecule has 1 aliphatic carbocycles. The smallest absolute Gasteiger partial charge is 0.125 e. The van der Waals surface area contributed by atoms with Crippen LogP contribution in [0.1, 0.15) is 59.8 Å². The molecule has 0 unspecified atom stereocenters. The predicted molar refractivity (Wildman–Crippen MR) is 70.7 cm³/mol. The number of carbonyl (C=O) groups excluding carboxylic acids is 1. The predicted octanol–water partition coefficient (Wildman–Crippen LogP) is 4.10. The van der Waals surface area contributed by atoms with Gasteiger partial charge in [0.05, 0.1) is 7.11 Å². The summed E-state index contributed by atoms with van der Waals surface area (Å²) in [5.41, 5.74) is 1.41. The maximum absolute atomic E-state index is 10.9. The van der Waals surface area contributed by atoms with Gasteiger partial charge in [0, 0.05) is 10.8 Å². The largest absolute Gasteiger partial charge is 0.501 e. The number of allylic oxidation sites excluding steroid dienone is 2. The molecule has 0 aliphatic heterocycles. The first-order valence-electron chi connectivity index (χ1n) is 6.55. The average Bonchev–Trinajstić information content (AvgIpc) is 3.02. The number of hydrogen-bond donors (Lipinski definition) is 0. The van der Waals surface area contributed by atoms with E-state index in [0.29, 0.717) is 0 Å². The number of aldehydes is 1. The quantitative estimate of drug-likeness (QED) is 0.493. The van der Waals surface area contributed by atoms with Crippen LogP contribution in [0.4, 0.5) is 0 Å². The van der Waals surface area contributed by atoms with Crippen molar-refractivity contribution in [3.05, 3.63) is 11.3 Å². The highest BCUT2D eigenvalue weighted by Crippen LogP contribution is 2.43. The summed E-state index contributed by atoms with van der Waals surface area (Å²) in [4.78, 5) is 10.9.